The van der Waals surface area contributed by atoms with Gasteiger partial charge in [0.25, 0.3) is 0 Å². The van der Waals surface area contributed by atoms with Gasteiger partial charge in [-0.2, -0.15) is 23.4 Å². The Hall–Kier alpha value is -2.63. The van der Waals surface area contributed by atoms with E-state index in [4.69, 9.17) is 11.6 Å². The van der Waals surface area contributed by atoms with E-state index in [0.717, 1.165) is 10.9 Å². The maximum Gasteiger partial charge on any atom is 0.436 e. The van der Waals surface area contributed by atoms with E-state index in [1.165, 1.54) is 17.8 Å². The summed E-state index contributed by atoms with van der Waals surface area (Å²) in [7, 11) is 0. The zero-order chi connectivity index (χ0) is 20.2. The molecule has 9 nitrogen and oxygen atoms in total. The minimum atomic E-state index is -4.62. The van der Waals surface area contributed by atoms with Crippen LogP contribution in [0.25, 0.3) is 0 Å². The number of rotatable bonds is 8. The van der Waals surface area contributed by atoms with Crippen molar-refractivity contribution in [3.63, 3.8) is 0 Å². The van der Waals surface area contributed by atoms with Crippen molar-refractivity contribution >= 4 is 23.2 Å². The molecular formula is C14H16ClF3N6O3. The largest absolute Gasteiger partial charge is 0.436 e. The van der Waals surface area contributed by atoms with Crippen LogP contribution in [0.2, 0.25) is 5.02 Å². The standard InChI is InChI=1S/C14H16ClF3N6O3/c1-9-12(15)13(14(16,17)18)21-23(9)5-2-4-19-11(25)3-6-22-8-10(7-20-22)24(26)27/h7-8H,2-6H2,1H3,(H,19,25). The van der Waals surface area contributed by atoms with Gasteiger partial charge >= 0.3 is 11.9 Å². The number of nitrogens with zero attached hydrogens (tertiary/aromatic N) is 5. The molecule has 2 aromatic heterocycles. The van der Waals surface area contributed by atoms with Gasteiger partial charge in [0, 0.05) is 26.1 Å². The summed E-state index contributed by atoms with van der Waals surface area (Å²) in [5, 5.41) is 20.0. The van der Waals surface area contributed by atoms with Gasteiger partial charge in [-0.1, -0.05) is 11.6 Å². The summed E-state index contributed by atoms with van der Waals surface area (Å²) in [4.78, 5) is 21.7. The number of aryl methyl sites for hydroxylation is 2. The van der Waals surface area contributed by atoms with Gasteiger partial charge in [-0.3, -0.25) is 24.3 Å². The lowest BCUT2D eigenvalue weighted by Crippen LogP contribution is -2.26. The predicted octanol–water partition coefficient (Wildman–Crippen LogP) is 2.57. The maximum absolute atomic E-state index is 12.7. The van der Waals surface area contributed by atoms with Gasteiger partial charge in [0.2, 0.25) is 5.91 Å². The number of carbonyl (C=O) groups is 1. The van der Waals surface area contributed by atoms with Crippen molar-refractivity contribution in [3.8, 4) is 0 Å². The van der Waals surface area contributed by atoms with Crippen molar-refractivity contribution in [2.45, 2.75) is 39.0 Å². The summed E-state index contributed by atoms with van der Waals surface area (Å²) in [6, 6.07) is 0. The van der Waals surface area contributed by atoms with Gasteiger partial charge < -0.3 is 5.32 Å². The van der Waals surface area contributed by atoms with Crippen LogP contribution in [0.4, 0.5) is 18.9 Å². The summed E-state index contributed by atoms with van der Waals surface area (Å²) in [5.74, 6) is -0.306. The Morgan fingerprint density at radius 3 is 2.67 bits per heavy atom. The zero-order valence-electron chi connectivity index (χ0n) is 14.2. The van der Waals surface area contributed by atoms with Crippen LogP contribution in [0.15, 0.2) is 12.4 Å². The fraction of sp³-hybridized carbons (Fsp3) is 0.500. The molecule has 0 aliphatic heterocycles. The van der Waals surface area contributed by atoms with E-state index in [-0.39, 0.29) is 43.3 Å². The molecule has 2 aromatic rings. The monoisotopic (exact) mass is 408 g/mol. The van der Waals surface area contributed by atoms with Gasteiger partial charge in [-0.05, 0) is 13.3 Å². The molecule has 27 heavy (non-hydrogen) atoms. The van der Waals surface area contributed by atoms with E-state index < -0.39 is 21.8 Å². The molecule has 13 heteroatoms. The van der Waals surface area contributed by atoms with Gasteiger partial charge in [-0.25, -0.2) is 0 Å². The van der Waals surface area contributed by atoms with Crippen LogP contribution >= 0.6 is 11.6 Å². The van der Waals surface area contributed by atoms with Crippen molar-refractivity contribution < 1.29 is 22.9 Å². The fourth-order valence-electron chi connectivity index (χ4n) is 2.25. The summed E-state index contributed by atoms with van der Waals surface area (Å²) < 4.78 is 40.7. The van der Waals surface area contributed by atoms with Crippen molar-refractivity contribution in [2.24, 2.45) is 0 Å². The van der Waals surface area contributed by atoms with Crippen LogP contribution < -0.4 is 5.32 Å². The molecule has 0 aliphatic rings. The van der Waals surface area contributed by atoms with Gasteiger partial charge in [0.05, 0.1) is 15.6 Å². The van der Waals surface area contributed by atoms with Gasteiger partial charge in [0.1, 0.15) is 12.4 Å². The molecule has 0 fully saturated rings. The van der Waals surface area contributed by atoms with Crippen molar-refractivity contribution in [1.82, 2.24) is 24.9 Å². The topological polar surface area (TPSA) is 108 Å². The van der Waals surface area contributed by atoms with E-state index in [9.17, 15) is 28.1 Å². The molecule has 148 valence electrons. The predicted molar refractivity (Wildman–Crippen MR) is 88.1 cm³/mol. The maximum atomic E-state index is 12.7. The van der Waals surface area contributed by atoms with E-state index in [1.807, 2.05) is 0 Å². The Kier molecular flexibility index (Phi) is 6.41. The van der Waals surface area contributed by atoms with Crippen LogP contribution in [0.3, 0.4) is 0 Å². The molecule has 0 aliphatic carbocycles. The highest BCUT2D eigenvalue weighted by Crippen LogP contribution is 2.35. The number of nitrogens with one attached hydrogen (secondary N) is 1. The van der Waals surface area contributed by atoms with Gasteiger partial charge in [0.15, 0.2) is 5.69 Å². The average molecular weight is 409 g/mol. The van der Waals surface area contributed by atoms with Crippen molar-refractivity contribution in [3.05, 3.63) is 38.9 Å². The molecule has 0 spiro atoms. The molecule has 0 saturated carbocycles. The smallest absolute Gasteiger partial charge is 0.356 e. The molecule has 0 atom stereocenters. The number of hydrogen-bond donors (Lipinski definition) is 1. The summed E-state index contributed by atoms with van der Waals surface area (Å²) in [6.45, 7) is 2.00. The second kappa shape index (κ2) is 8.37. The molecule has 1 N–H and O–H groups in total. The third-order valence-corrected chi connectivity index (χ3v) is 4.12. The SMILES string of the molecule is Cc1c(Cl)c(C(F)(F)F)nn1CCCNC(=O)CCn1cc([N+](=O)[O-])cn1. The highest BCUT2D eigenvalue weighted by Gasteiger charge is 2.38. The van der Waals surface area contributed by atoms with E-state index >= 15 is 0 Å². The van der Waals surface area contributed by atoms with Crippen molar-refractivity contribution in [1.29, 1.82) is 0 Å². The van der Waals surface area contributed by atoms with Crippen LogP contribution in [0.5, 0.6) is 0 Å². The Labute approximate surface area is 156 Å². The highest BCUT2D eigenvalue weighted by atomic mass is 35.5. The van der Waals surface area contributed by atoms with E-state index in [2.05, 4.69) is 15.5 Å². The quantitative estimate of drug-likeness (QED) is 0.410. The van der Waals surface area contributed by atoms with Crippen LogP contribution in [0.1, 0.15) is 24.2 Å². The molecule has 0 saturated heterocycles. The summed E-state index contributed by atoms with van der Waals surface area (Å²) in [6.07, 6.45) is -1.90. The lowest BCUT2D eigenvalue weighted by Gasteiger charge is -2.07. The second-order valence-corrected chi connectivity index (χ2v) is 6.02. The number of amides is 1. The lowest BCUT2D eigenvalue weighted by atomic mass is 10.3. The molecule has 0 bridgehead atoms. The van der Waals surface area contributed by atoms with Gasteiger partial charge in [-0.15, -0.1) is 0 Å². The number of halogens is 4. The molecule has 0 aromatic carbocycles. The van der Waals surface area contributed by atoms with Crippen molar-refractivity contribution in [2.75, 3.05) is 6.54 Å². The molecule has 0 radical (unpaired) electrons. The Morgan fingerprint density at radius 2 is 2.11 bits per heavy atom. The molecular weight excluding hydrogens is 393 g/mol. The number of carbonyl (C=O) groups excluding carboxylic acids is 1. The minimum Gasteiger partial charge on any atom is -0.356 e. The number of nitro groups is 1. The first kappa shape index (κ1) is 20.7. The third kappa shape index (κ3) is 5.42. The Balaban J connectivity index is 1.75. The first-order valence-corrected chi connectivity index (χ1v) is 8.21. The third-order valence-electron chi connectivity index (χ3n) is 3.67. The number of aromatic nitrogens is 4. The minimum absolute atomic E-state index is 0.0592. The van der Waals surface area contributed by atoms with E-state index in [0.29, 0.717) is 6.42 Å². The highest BCUT2D eigenvalue weighted by molar-refractivity contribution is 6.31. The van der Waals surface area contributed by atoms with E-state index in [1.54, 1.807) is 0 Å². The van der Waals surface area contributed by atoms with Crippen LogP contribution in [0, 0.1) is 17.0 Å². The first-order chi connectivity index (χ1) is 12.6. The molecule has 2 rings (SSSR count). The average Bonchev–Trinajstić information content (AvgIpc) is 3.16. The normalized spacial score (nSPS) is 11.6. The van der Waals surface area contributed by atoms with Crippen LogP contribution in [-0.4, -0.2) is 36.9 Å². The zero-order valence-corrected chi connectivity index (χ0v) is 14.9. The number of hydrogen-bond acceptors (Lipinski definition) is 5. The number of alkyl halides is 3. The Bertz CT molecular complexity index is 833. The molecule has 1 amide bonds. The summed E-state index contributed by atoms with van der Waals surface area (Å²) >= 11 is 5.66. The summed E-state index contributed by atoms with van der Waals surface area (Å²) in [5.41, 5.74) is -1.09. The second-order valence-electron chi connectivity index (χ2n) is 5.64. The molecule has 2 heterocycles. The first-order valence-electron chi connectivity index (χ1n) is 7.83. The lowest BCUT2D eigenvalue weighted by molar-refractivity contribution is -0.385. The van der Waals surface area contributed by atoms with Crippen LogP contribution in [-0.2, 0) is 24.1 Å². The Morgan fingerprint density at radius 1 is 1.41 bits per heavy atom. The molecule has 0 unspecified atom stereocenters. The fourth-order valence-corrected chi connectivity index (χ4v) is 2.50.